The van der Waals surface area contributed by atoms with Gasteiger partial charge in [0.15, 0.2) is 11.5 Å². The van der Waals surface area contributed by atoms with Crippen molar-refractivity contribution in [2.75, 3.05) is 41.2 Å². The first kappa shape index (κ1) is 23.9. The Balaban J connectivity index is 1.90. The van der Waals surface area contributed by atoms with Crippen LogP contribution in [0.1, 0.15) is 17.7 Å². The maximum absolute atomic E-state index is 14.1. The predicted molar refractivity (Wildman–Crippen MR) is 118 cm³/mol. The monoisotopic (exact) mass is 479 g/mol. The Morgan fingerprint density at radius 2 is 1.82 bits per heavy atom. The van der Waals surface area contributed by atoms with E-state index in [0.29, 0.717) is 30.2 Å². The van der Waals surface area contributed by atoms with Crippen LogP contribution < -0.4 is 19.6 Å². The zero-order valence-corrected chi connectivity index (χ0v) is 19.0. The second kappa shape index (κ2) is 9.55. The van der Waals surface area contributed by atoms with Gasteiger partial charge in [0, 0.05) is 26.8 Å². The summed E-state index contributed by atoms with van der Waals surface area (Å²) in [7, 11) is 4.37. The standard InChI is InChI=1S/C24H24F3NO6/c1-30-10-4-9-28-12-16-17(33-13-28)8-6-15-21(29)20(23(24(25,26)27)34-22(15)16)14-5-7-18(31-2)19(11-14)32-3/h5-8,11H,4,9-10,12-13H2,1-3H3. The minimum absolute atomic E-state index is 0.00999. The molecule has 0 spiro atoms. The van der Waals surface area contributed by atoms with Crippen molar-refractivity contribution in [2.24, 2.45) is 0 Å². The van der Waals surface area contributed by atoms with Gasteiger partial charge in [-0.1, -0.05) is 6.07 Å². The first-order valence-corrected chi connectivity index (χ1v) is 10.5. The van der Waals surface area contributed by atoms with E-state index in [4.69, 9.17) is 23.4 Å². The average molecular weight is 479 g/mol. The van der Waals surface area contributed by atoms with Crippen molar-refractivity contribution in [2.45, 2.75) is 19.1 Å². The van der Waals surface area contributed by atoms with Crippen molar-refractivity contribution < 1.29 is 36.5 Å². The molecule has 0 atom stereocenters. The number of benzene rings is 2. The van der Waals surface area contributed by atoms with Gasteiger partial charge in [0.05, 0.1) is 30.7 Å². The summed E-state index contributed by atoms with van der Waals surface area (Å²) in [6, 6.07) is 7.16. The molecule has 2 heterocycles. The molecule has 0 amide bonds. The third-order valence-corrected chi connectivity index (χ3v) is 5.66. The molecular formula is C24H24F3NO6. The predicted octanol–water partition coefficient (Wildman–Crippen LogP) is 4.68. The number of fused-ring (bicyclic) bond motifs is 3. The molecule has 182 valence electrons. The van der Waals surface area contributed by atoms with E-state index in [2.05, 4.69) is 0 Å². The van der Waals surface area contributed by atoms with E-state index in [1.165, 1.54) is 38.5 Å². The van der Waals surface area contributed by atoms with Crippen molar-refractivity contribution in [3.05, 3.63) is 51.9 Å². The summed E-state index contributed by atoms with van der Waals surface area (Å²) in [4.78, 5) is 15.3. The third-order valence-electron chi connectivity index (χ3n) is 5.66. The van der Waals surface area contributed by atoms with Crippen molar-refractivity contribution in [3.8, 4) is 28.4 Å². The Kier molecular flexibility index (Phi) is 6.72. The SMILES string of the molecule is COCCCN1COc2ccc3c(=O)c(-c4ccc(OC)c(OC)c4)c(C(F)(F)F)oc3c2C1. The lowest BCUT2D eigenvalue weighted by atomic mass is 9.99. The van der Waals surface area contributed by atoms with E-state index in [9.17, 15) is 18.0 Å². The van der Waals surface area contributed by atoms with Gasteiger partial charge in [-0.25, -0.2) is 0 Å². The molecular weight excluding hydrogens is 455 g/mol. The lowest BCUT2D eigenvalue weighted by Crippen LogP contribution is -2.33. The maximum Gasteiger partial charge on any atom is 0.450 e. The normalized spacial score (nSPS) is 14.1. The Labute approximate surface area is 193 Å². The molecule has 0 aliphatic carbocycles. The van der Waals surface area contributed by atoms with Gasteiger partial charge in [0.2, 0.25) is 11.2 Å². The Bertz CT molecular complexity index is 1250. The third kappa shape index (κ3) is 4.43. The quantitative estimate of drug-likeness (QED) is 0.456. The van der Waals surface area contributed by atoms with Crippen molar-refractivity contribution >= 4 is 11.0 Å². The highest BCUT2D eigenvalue weighted by molar-refractivity contribution is 5.87. The number of halogens is 3. The van der Waals surface area contributed by atoms with Crippen molar-refractivity contribution in [3.63, 3.8) is 0 Å². The molecule has 0 unspecified atom stereocenters. The van der Waals surface area contributed by atoms with Crippen LogP contribution in [0.15, 0.2) is 39.5 Å². The van der Waals surface area contributed by atoms with Gasteiger partial charge >= 0.3 is 6.18 Å². The van der Waals surface area contributed by atoms with Gasteiger partial charge < -0.3 is 23.4 Å². The van der Waals surface area contributed by atoms with Crippen molar-refractivity contribution in [1.82, 2.24) is 4.90 Å². The molecule has 1 aromatic heterocycles. The summed E-state index contributed by atoms with van der Waals surface area (Å²) in [5.74, 6) is -0.462. The van der Waals surface area contributed by atoms with E-state index in [1.54, 1.807) is 13.2 Å². The van der Waals surface area contributed by atoms with Gasteiger partial charge in [-0.05, 0) is 36.2 Å². The van der Waals surface area contributed by atoms with Gasteiger partial charge in [0.1, 0.15) is 18.1 Å². The first-order valence-electron chi connectivity index (χ1n) is 10.5. The van der Waals surface area contributed by atoms with Crippen LogP contribution in [0, 0.1) is 0 Å². The first-order chi connectivity index (χ1) is 16.3. The van der Waals surface area contributed by atoms with Crippen LogP contribution in [0.4, 0.5) is 13.2 Å². The van der Waals surface area contributed by atoms with E-state index in [1.807, 2.05) is 4.90 Å². The van der Waals surface area contributed by atoms with Gasteiger partial charge in [0.25, 0.3) is 0 Å². The van der Waals surface area contributed by atoms with E-state index < -0.39 is 22.9 Å². The molecule has 2 aromatic carbocycles. The highest BCUT2D eigenvalue weighted by Gasteiger charge is 2.40. The molecule has 0 N–H and O–H groups in total. The molecule has 0 saturated carbocycles. The minimum Gasteiger partial charge on any atom is -0.493 e. The fourth-order valence-corrected chi connectivity index (χ4v) is 4.04. The number of nitrogens with zero attached hydrogens (tertiary/aromatic N) is 1. The second-order valence-electron chi connectivity index (χ2n) is 7.79. The smallest absolute Gasteiger partial charge is 0.450 e. The molecule has 0 radical (unpaired) electrons. The van der Waals surface area contributed by atoms with Crippen LogP contribution >= 0.6 is 0 Å². The number of hydrogen-bond donors (Lipinski definition) is 0. The molecule has 10 heteroatoms. The van der Waals surface area contributed by atoms with Crippen LogP contribution in [0.25, 0.3) is 22.1 Å². The van der Waals surface area contributed by atoms with Crippen LogP contribution in [0.2, 0.25) is 0 Å². The number of ether oxygens (including phenoxy) is 4. The molecule has 3 aromatic rings. The van der Waals surface area contributed by atoms with Gasteiger partial charge in [-0.2, -0.15) is 13.2 Å². The molecule has 0 fully saturated rings. The lowest BCUT2D eigenvalue weighted by Gasteiger charge is -2.29. The molecule has 7 nitrogen and oxygen atoms in total. The summed E-state index contributed by atoms with van der Waals surface area (Å²) >= 11 is 0. The maximum atomic E-state index is 14.1. The van der Waals surface area contributed by atoms with Gasteiger partial charge in [-0.3, -0.25) is 9.69 Å². The zero-order chi connectivity index (χ0) is 24.5. The van der Waals surface area contributed by atoms with Gasteiger partial charge in [-0.15, -0.1) is 0 Å². The molecule has 0 saturated heterocycles. The van der Waals surface area contributed by atoms with Crippen LogP contribution in [-0.4, -0.2) is 46.1 Å². The van der Waals surface area contributed by atoms with Crippen LogP contribution in [-0.2, 0) is 17.5 Å². The van der Waals surface area contributed by atoms with Crippen LogP contribution in [0.3, 0.4) is 0 Å². The number of alkyl halides is 3. The zero-order valence-electron chi connectivity index (χ0n) is 19.0. The molecule has 34 heavy (non-hydrogen) atoms. The van der Waals surface area contributed by atoms with Crippen molar-refractivity contribution in [1.29, 1.82) is 0 Å². The lowest BCUT2D eigenvalue weighted by molar-refractivity contribution is -0.152. The summed E-state index contributed by atoms with van der Waals surface area (Å²) in [5.41, 5.74) is -1.09. The Morgan fingerprint density at radius 1 is 1.06 bits per heavy atom. The highest BCUT2D eigenvalue weighted by Crippen LogP contribution is 2.41. The number of rotatable bonds is 7. The number of methoxy groups -OCH3 is 3. The van der Waals surface area contributed by atoms with E-state index in [-0.39, 0.29) is 35.6 Å². The summed E-state index contributed by atoms with van der Waals surface area (Å²) < 4.78 is 69.0. The Hall–Kier alpha value is -3.24. The summed E-state index contributed by atoms with van der Waals surface area (Å²) in [5, 5.41) is 0.0406. The molecule has 4 rings (SSSR count). The second-order valence-corrected chi connectivity index (χ2v) is 7.79. The fourth-order valence-electron chi connectivity index (χ4n) is 4.04. The highest BCUT2D eigenvalue weighted by atomic mass is 19.4. The molecule has 0 bridgehead atoms. The largest absolute Gasteiger partial charge is 0.493 e. The molecule has 1 aliphatic heterocycles. The van der Waals surface area contributed by atoms with E-state index >= 15 is 0 Å². The van der Waals surface area contributed by atoms with E-state index in [0.717, 1.165) is 6.42 Å². The Morgan fingerprint density at radius 3 is 2.50 bits per heavy atom. The fraction of sp³-hybridized carbons (Fsp3) is 0.375. The average Bonchev–Trinajstić information content (AvgIpc) is 2.83. The van der Waals surface area contributed by atoms with Crippen LogP contribution in [0.5, 0.6) is 17.2 Å². The topological polar surface area (TPSA) is 70.4 Å². The molecule has 1 aliphatic rings. The minimum atomic E-state index is -4.91. The number of hydrogen-bond acceptors (Lipinski definition) is 7. The summed E-state index contributed by atoms with van der Waals surface area (Å²) in [6.07, 6.45) is -4.19. The summed E-state index contributed by atoms with van der Waals surface area (Å²) in [6.45, 7) is 1.72.